The van der Waals surface area contributed by atoms with Crippen LogP contribution in [0.4, 0.5) is 0 Å². The molecule has 0 amide bonds. The zero-order valence-electron chi connectivity index (χ0n) is 11.3. The molecule has 0 spiro atoms. The molecule has 96 valence electrons. The Labute approximate surface area is 101 Å². The van der Waals surface area contributed by atoms with Gasteiger partial charge in [0.2, 0.25) is 0 Å². The summed E-state index contributed by atoms with van der Waals surface area (Å²) in [5.74, 6) is 1.89. The van der Waals surface area contributed by atoms with E-state index in [1.54, 1.807) is 7.11 Å². The lowest BCUT2D eigenvalue weighted by Crippen LogP contribution is -2.38. The van der Waals surface area contributed by atoms with E-state index in [-0.39, 0.29) is 0 Å². The van der Waals surface area contributed by atoms with E-state index < -0.39 is 0 Å². The Morgan fingerprint density at radius 1 is 1.25 bits per heavy atom. The van der Waals surface area contributed by atoms with Gasteiger partial charge in [-0.15, -0.1) is 0 Å². The van der Waals surface area contributed by atoms with Crippen molar-refractivity contribution in [1.29, 1.82) is 0 Å². The zero-order chi connectivity index (χ0) is 11.8. The van der Waals surface area contributed by atoms with E-state index in [0.29, 0.717) is 0 Å². The average Bonchev–Trinajstić information content (AvgIpc) is 2.34. The number of methoxy groups -OCH3 is 1. The number of ether oxygens (including phenoxy) is 1. The number of hydrogen-bond acceptors (Lipinski definition) is 2. The van der Waals surface area contributed by atoms with E-state index in [0.717, 1.165) is 24.5 Å². The normalized spacial score (nSPS) is 30.6. The molecule has 1 fully saturated rings. The molecule has 0 radical (unpaired) electrons. The topological polar surface area (TPSA) is 21.3 Å². The van der Waals surface area contributed by atoms with Gasteiger partial charge in [0.1, 0.15) is 0 Å². The number of unbranched alkanes of at least 4 members (excludes halogenated alkanes) is 1. The minimum atomic E-state index is 0.769. The van der Waals surface area contributed by atoms with Gasteiger partial charge in [-0.2, -0.15) is 0 Å². The molecule has 3 unspecified atom stereocenters. The summed E-state index contributed by atoms with van der Waals surface area (Å²) in [5.41, 5.74) is 0. The predicted molar refractivity (Wildman–Crippen MR) is 69.7 cm³/mol. The Kier molecular flexibility index (Phi) is 7.06. The molecule has 0 saturated heterocycles. The fourth-order valence-electron chi connectivity index (χ4n) is 3.08. The maximum atomic E-state index is 5.11. The Hall–Kier alpha value is -0.0800. The van der Waals surface area contributed by atoms with Crippen LogP contribution in [-0.4, -0.2) is 26.8 Å². The average molecular weight is 227 g/mol. The summed E-state index contributed by atoms with van der Waals surface area (Å²) in [6.45, 7) is 3.26. The van der Waals surface area contributed by atoms with Crippen LogP contribution in [0, 0.1) is 11.8 Å². The van der Waals surface area contributed by atoms with Gasteiger partial charge in [-0.05, 0) is 51.0 Å². The summed E-state index contributed by atoms with van der Waals surface area (Å²) >= 11 is 0. The fourth-order valence-corrected chi connectivity index (χ4v) is 3.08. The van der Waals surface area contributed by atoms with E-state index >= 15 is 0 Å². The molecular weight excluding hydrogens is 198 g/mol. The van der Waals surface area contributed by atoms with E-state index in [1.807, 2.05) is 0 Å². The highest BCUT2D eigenvalue weighted by Gasteiger charge is 2.27. The molecule has 2 heteroatoms. The molecule has 1 saturated carbocycles. The predicted octanol–water partition coefficient (Wildman–Crippen LogP) is 3.22. The van der Waals surface area contributed by atoms with Crippen molar-refractivity contribution in [1.82, 2.24) is 5.32 Å². The molecular formula is C14H29NO. The van der Waals surface area contributed by atoms with E-state index in [2.05, 4.69) is 19.3 Å². The standard InChI is InChI=1S/C14H29NO/c1-4-12-8-9-14(15-2)13(11-12)7-5-6-10-16-3/h12-15H,4-11H2,1-3H3. The zero-order valence-corrected chi connectivity index (χ0v) is 11.3. The first-order valence-corrected chi connectivity index (χ1v) is 6.98. The number of rotatable bonds is 7. The quantitative estimate of drug-likeness (QED) is 0.674. The second-order valence-corrected chi connectivity index (χ2v) is 5.23. The largest absolute Gasteiger partial charge is 0.385 e. The van der Waals surface area contributed by atoms with Crippen molar-refractivity contribution in [3.63, 3.8) is 0 Å². The van der Waals surface area contributed by atoms with Crippen LogP contribution in [0.1, 0.15) is 51.9 Å². The molecule has 1 rings (SSSR count). The minimum Gasteiger partial charge on any atom is -0.385 e. The van der Waals surface area contributed by atoms with E-state index in [4.69, 9.17) is 4.74 Å². The van der Waals surface area contributed by atoms with Crippen LogP contribution in [0.2, 0.25) is 0 Å². The summed E-state index contributed by atoms with van der Waals surface area (Å²) in [4.78, 5) is 0. The van der Waals surface area contributed by atoms with Crippen molar-refractivity contribution in [2.75, 3.05) is 20.8 Å². The van der Waals surface area contributed by atoms with Gasteiger partial charge in [0.15, 0.2) is 0 Å². The van der Waals surface area contributed by atoms with Crippen LogP contribution >= 0.6 is 0 Å². The maximum Gasteiger partial charge on any atom is 0.0462 e. The fraction of sp³-hybridized carbons (Fsp3) is 1.00. The monoisotopic (exact) mass is 227 g/mol. The molecule has 0 aromatic heterocycles. The summed E-state index contributed by atoms with van der Waals surface area (Å²) in [6.07, 6.45) is 9.54. The van der Waals surface area contributed by atoms with E-state index in [9.17, 15) is 0 Å². The number of nitrogens with one attached hydrogen (secondary N) is 1. The van der Waals surface area contributed by atoms with Crippen LogP contribution < -0.4 is 5.32 Å². The third kappa shape index (κ3) is 4.42. The smallest absolute Gasteiger partial charge is 0.0462 e. The molecule has 0 aromatic rings. The first-order valence-electron chi connectivity index (χ1n) is 6.98. The molecule has 0 aliphatic heterocycles. The van der Waals surface area contributed by atoms with E-state index in [1.165, 1.54) is 44.9 Å². The highest BCUT2D eigenvalue weighted by atomic mass is 16.5. The lowest BCUT2D eigenvalue weighted by atomic mass is 9.75. The summed E-state index contributed by atoms with van der Waals surface area (Å²) in [7, 11) is 3.92. The van der Waals surface area contributed by atoms with Crippen LogP contribution in [-0.2, 0) is 4.74 Å². The lowest BCUT2D eigenvalue weighted by molar-refractivity contribution is 0.171. The molecule has 2 nitrogen and oxygen atoms in total. The molecule has 1 aliphatic rings. The third-order valence-electron chi connectivity index (χ3n) is 4.21. The summed E-state index contributed by atoms with van der Waals surface area (Å²) in [5, 5.41) is 3.51. The number of hydrogen-bond donors (Lipinski definition) is 1. The lowest BCUT2D eigenvalue weighted by Gasteiger charge is -2.36. The van der Waals surface area contributed by atoms with Gasteiger partial charge in [-0.25, -0.2) is 0 Å². The SMILES string of the molecule is CCC1CCC(NC)C(CCCCOC)C1. The molecule has 1 aliphatic carbocycles. The molecule has 3 atom stereocenters. The highest BCUT2D eigenvalue weighted by Crippen LogP contribution is 2.34. The Balaban J connectivity index is 2.27. The minimum absolute atomic E-state index is 0.769. The van der Waals surface area contributed by atoms with Gasteiger partial charge >= 0.3 is 0 Å². The van der Waals surface area contributed by atoms with Crippen LogP contribution in [0.3, 0.4) is 0 Å². The maximum absolute atomic E-state index is 5.11. The van der Waals surface area contributed by atoms with Crippen molar-refractivity contribution < 1.29 is 4.74 Å². The molecule has 0 heterocycles. The van der Waals surface area contributed by atoms with Gasteiger partial charge < -0.3 is 10.1 Å². The Morgan fingerprint density at radius 2 is 2.06 bits per heavy atom. The molecule has 16 heavy (non-hydrogen) atoms. The molecule has 0 aromatic carbocycles. The molecule has 0 bridgehead atoms. The van der Waals surface area contributed by atoms with Gasteiger partial charge in [0, 0.05) is 19.8 Å². The summed E-state index contributed by atoms with van der Waals surface area (Å²) in [6, 6.07) is 0.769. The van der Waals surface area contributed by atoms with Gasteiger partial charge in [0.05, 0.1) is 0 Å². The second kappa shape index (κ2) is 8.08. The Morgan fingerprint density at radius 3 is 2.69 bits per heavy atom. The van der Waals surface area contributed by atoms with Gasteiger partial charge in [-0.1, -0.05) is 19.8 Å². The van der Waals surface area contributed by atoms with Crippen molar-refractivity contribution in [3.05, 3.63) is 0 Å². The van der Waals surface area contributed by atoms with Crippen molar-refractivity contribution >= 4 is 0 Å². The third-order valence-corrected chi connectivity index (χ3v) is 4.21. The highest BCUT2D eigenvalue weighted by molar-refractivity contribution is 4.83. The van der Waals surface area contributed by atoms with Gasteiger partial charge in [-0.3, -0.25) is 0 Å². The van der Waals surface area contributed by atoms with Crippen molar-refractivity contribution in [2.45, 2.75) is 57.9 Å². The molecule has 1 N–H and O–H groups in total. The first-order chi connectivity index (χ1) is 7.81. The second-order valence-electron chi connectivity index (χ2n) is 5.23. The van der Waals surface area contributed by atoms with Crippen LogP contribution in [0.25, 0.3) is 0 Å². The van der Waals surface area contributed by atoms with Crippen LogP contribution in [0.5, 0.6) is 0 Å². The van der Waals surface area contributed by atoms with Gasteiger partial charge in [0.25, 0.3) is 0 Å². The Bertz CT molecular complexity index is 172. The van der Waals surface area contributed by atoms with Crippen molar-refractivity contribution in [3.8, 4) is 0 Å². The summed E-state index contributed by atoms with van der Waals surface area (Å²) < 4.78 is 5.11. The van der Waals surface area contributed by atoms with Crippen LogP contribution in [0.15, 0.2) is 0 Å². The van der Waals surface area contributed by atoms with Crippen molar-refractivity contribution in [2.24, 2.45) is 11.8 Å². The first kappa shape index (κ1) is 14.0.